The Hall–Kier alpha value is -1.71. The van der Waals surface area contributed by atoms with Crippen molar-refractivity contribution in [2.24, 2.45) is 0 Å². The molecular weight excluding hydrogens is 158 g/mol. The number of rotatable bonds is 0. The van der Waals surface area contributed by atoms with Gasteiger partial charge in [-0.2, -0.15) is 0 Å². The number of nitrogens with one attached hydrogen (secondary N) is 1. The van der Waals surface area contributed by atoms with Gasteiger partial charge in [-0.15, -0.1) is 0 Å². The number of hydrogen-bond acceptors (Lipinski definition) is 4. The summed E-state index contributed by atoms with van der Waals surface area (Å²) in [5, 5.41) is 17.2. The first-order valence-corrected chi connectivity index (χ1v) is 3.44. The highest BCUT2D eigenvalue weighted by molar-refractivity contribution is 5.81. The molecular formula is C8H7NO3. The van der Waals surface area contributed by atoms with Gasteiger partial charge in [-0.05, 0) is 13.0 Å². The minimum Gasteiger partial charge on any atom is -0.480 e. The van der Waals surface area contributed by atoms with Gasteiger partial charge in [-0.3, -0.25) is 5.41 Å². The molecule has 0 unspecified atom stereocenters. The molecule has 0 aliphatic heterocycles. The largest absolute Gasteiger partial charge is 0.480 e. The van der Waals surface area contributed by atoms with Crippen molar-refractivity contribution < 1.29 is 13.9 Å². The topological polar surface area (TPSA) is 70.4 Å². The predicted molar refractivity (Wildman–Crippen MR) is 40.7 cm³/mol. The monoisotopic (exact) mass is 165 g/mol. The first-order valence-electron chi connectivity index (χ1n) is 3.44. The molecule has 2 rings (SSSR count). The highest BCUT2D eigenvalue weighted by Gasteiger charge is 2.10. The average molecular weight is 165 g/mol. The molecule has 0 aliphatic carbocycles. The third-order valence-electron chi connectivity index (χ3n) is 1.79. The lowest BCUT2D eigenvalue weighted by atomic mass is 10.2. The van der Waals surface area contributed by atoms with Crippen molar-refractivity contribution in [3.63, 3.8) is 0 Å². The molecule has 0 aromatic carbocycles. The maximum Gasteiger partial charge on any atom is 0.286 e. The van der Waals surface area contributed by atoms with E-state index in [0.29, 0.717) is 10.9 Å². The Labute approximate surface area is 67.6 Å². The molecule has 0 saturated carbocycles. The average Bonchev–Trinajstić information content (AvgIpc) is 2.32. The van der Waals surface area contributed by atoms with E-state index in [-0.39, 0.29) is 17.1 Å². The molecule has 0 fully saturated rings. The Bertz CT molecular complexity index is 480. The van der Waals surface area contributed by atoms with Crippen molar-refractivity contribution in [1.82, 2.24) is 0 Å². The summed E-state index contributed by atoms with van der Waals surface area (Å²) < 4.78 is 9.67. The van der Waals surface area contributed by atoms with Crippen LogP contribution in [-0.2, 0) is 0 Å². The SMILES string of the molecule is Cc1c(O)oc2c(=N)occc12. The molecule has 2 heterocycles. The normalized spacial score (nSPS) is 10.8. The summed E-state index contributed by atoms with van der Waals surface area (Å²) in [4.78, 5) is 0. The molecule has 62 valence electrons. The summed E-state index contributed by atoms with van der Waals surface area (Å²) >= 11 is 0. The fraction of sp³-hybridized carbons (Fsp3) is 0.125. The molecule has 2 aromatic rings. The maximum absolute atomic E-state index is 9.18. The Balaban J connectivity index is 3.05. The molecule has 4 heteroatoms. The van der Waals surface area contributed by atoms with Crippen LogP contribution in [0.5, 0.6) is 5.95 Å². The van der Waals surface area contributed by atoms with E-state index in [1.165, 1.54) is 6.26 Å². The van der Waals surface area contributed by atoms with Crippen LogP contribution < -0.4 is 5.55 Å². The van der Waals surface area contributed by atoms with Gasteiger partial charge in [0.05, 0.1) is 6.26 Å². The van der Waals surface area contributed by atoms with Gasteiger partial charge in [-0.1, -0.05) is 0 Å². The Morgan fingerprint density at radius 3 is 2.92 bits per heavy atom. The maximum atomic E-state index is 9.18. The van der Waals surface area contributed by atoms with Crippen molar-refractivity contribution >= 4 is 11.0 Å². The summed E-state index contributed by atoms with van der Waals surface area (Å²) in [5.74, 6) is -0.153. The van der Waals surface area contributed by atoms with E-state index in [9.17, 15) is 5.11 Å². The van der Waals surface area contributed by atoms with Crippen molar-refractivity contribution in [3.05, 3.63) is 23.4 Å². The number of aryl methyl sites for hydroxylation is 1. The number of hydrogen-bond donors (Lipinski definition) is 2. The Morgan fingerprint density at radius 2 is 2.25 bits per heavy atom. The smallest absolute Gasteiger partial charge is 0.286 e. The van der Waals surface area contributed by atoms with E-state index in [1.807, 2.05) is 0 Å². The molecule has 4 nitrogen and oxygen atoms in total. The summed E-state index contributed by atoms with van der Waals surface area (Å²) in [5.41, 5.74) is 0.845. The minimum absolute atomic E-state index is 0.0732. The zero-order valence-electron chi connectivity index (χ0n) is 6.42. The van der Waals surface area contributed by atoms with Crippen LogP contribution in [0.4, 0.5) is 0 Å². The number of furan rings is 1. The zero-order valence-corrected chi connectivity index (χ0v) is 6.42. The fourth-order valence-electron chi connectivity index (χ4n) is 1.11. The summed E-state index contributed by atoms with van der Waals surface area (Å²) in [7, 11) is 0. The van der Waals surface area contributed by atoms with E-state index >= 15 is 0 Å². The summed E-state index contributed by atoms with van der Waals surface area (Å²) in [6, 6.07) is 1.66. The van der Waals surface area contributed by atoms with E-state index < -0.39 is 0 Å². The van der Waals surface area contributed by atoms with Gasteiger partial charge >= 0.3 is 0 Å². The molecule has 0 aliphatic rings. The van der Waals surface area contributed by atoms with Crippen molar-refractivity contribution in [2.45, 2.75) is 6.92 Å². The number of fused-ring (bicyclic) bond motifs is 1. The summed E-state index contributed by atoms with van der Waals surface area (Å²) in [6.07, 6.45) is 1.40. The van der Waals surface area contributed by atoms with Crippen LogP contribution in [-0.4, -0.2) is 5.11 Å². The second-order valence-electron chi connectivity index (χ2n) is 2.52. The van der Waals surface area contributed by atoms with Crippen LogP contribution in [0, 0.1) is 12.3 Å². The van der Waals surface area contributed by atoms with Gasteiger partial charge in [0, 0.05) is 10.9 Å². The van der Waals surface area contributed by atoms with Crippen LogP contribution in [0.25, 0.3) is 11.0 Å². The van der Waals surface area contributed by atoms with Gasteiger partial charge in [0.2, 0.25) is 5.58 Å². The van der Waals surface area contributed by atoms with Crippen LogP contribution in [0.1, 0.15) is 5.56 Å². The molecule has 0 saturated heterocycles. The third-order valence-corrected chi connectivity index (χ3v) is 1.79. The van der Waals surface area contributed by atoms with Gasteiger partial charge in [-0.25, -0.2) is 0 Å². The lowest BCUT2D eigenvalue weighted by molar-refractivity contribution is 0.337. The second kappa shape index (κ2) is 2.14. The van der Waals surface area contributed by atoms with Crippen molar-refractivity contribution in [3.8, 4) is 5.95 Å². The Kier molecular flexibility index (Phi) is 1.24. The van der Waals surface area contributed by atoms with Gasteiger partial charge < -0.3 is 13.9 Å². The Morgan fingerprint density at radius 1 is 1.50 bits per heavy atom. The molecule has 0 bridgehead atoms. The standard InChI is InChI=1S/C8H7NO3/c1-4-5-2-3-11-7(9)6(5)12-8(4)10/h2-3,9-10H,1H3. The molecule has 0 radical (unpaired) electrons. The molecule has 2 N–H and O–H groups in total. The fourth-order valence-corrected chi connectivity index (χ4v) is 1.11. The van der Waals surface area contributed by atoms with Gasteiger partial charge in [0.1, 0.15) is 0 Å². The highest BCUT2D eigenvalue weighted by Crippen LogP contribution is 2.26. The summed E-state index contributed by atoms with van der Waals surface area (Å²) in [6.45, 7) is 1.72. The van der Waals surface area contributed by atoms with Crippen LogP contribution in [0.3, 0.4) is 0 Å². The van der Waals surface area contributed by atoms with E-state index in [4.69, 9.17) is 14.2 Å². The number of aromatic hydroxyl groups is 1. The third kappa shape index (κ3) is 0.747. The van der Waals surface area contributed by atoms with E-state index in [0.717, 1.165) is 0 Å². The molecule has 12 heavy (non-hydrogen) atoms. The van der Waals surface area contributed by atoms with Crippen LogP contribution in [0.15, 0.2) is 21.2 Å². The van der Waals surface area contributed by atoms with Crippen LogP contribution >= 0.6 is 0 Å². The van der Waals surface area contributed by atoms with Gasteiger partial charge in [0.15, 0.2) is 0 Å². The first kappa shape index (κ1) is 6.97. The minimum atomic E-state index is -0.153. The molecule has 0 amide bonds. The first-order chi connectivity index (χ1) is 5.70. The van der Waals surface area contributed by atoms with Crippen molar-refractivity contribution in [1.29, 1.82) is 5.41 Å². The van der Waals surface area contributed by atoms with E-state index in [1.54, 1.807) is 13.0 Å². The molecule has 2 aromatic heterocycles. The molecule has 0 atom stereocenters. The lowest BCUT2D eigenvalue weighted by Gasteiger charge is -1.85. The predicted octanol–water partition coefficient (Wildman–Crippen LogP) is 1.52. The lowest BCUT2D eigenvalue weighted by Crippen LogP contribution is -1.95. The molecule has 0 spiro atoms. The quantitative estimate of drug-likeness (QED) is 0.621. The van der Waals surface area contributed by atoms with Gasteiger partial charge in [0.25, 0.3) is 11.5 Å². The van der Waals surface area contributed by atoms with Crippen LogP contribution in [0.2, 0.25) is 0 Å². The van der Waals surface area contributed by atoms with E-state index in [2.05, 4.69) is 0 Å². The highest BCUT2D eigenvalue weighted by atomic mass is 16.5. The second-order valence-corrected chi connectivity index (χ2v) is 2.52. The van der Waals surface area contributed by atoms with Crippen molar-refractivity contribution in [2.75, 3.05) is 0 Å². The zero-order chi connectivity index (χ0) is 8.72.